The van der Waals surface area contributed by atoms with Crippen LogP contribution in [0.15, 0.2) is 18.2 Å². The molecule has 18 heavy (non-hydrogen) atoms. The van der Waals surface area contributed by atoms with E-state index >= 15 is 0 Å². The van der Waals surface area contributed by atoms with Gasteiger partial charge in [0.1, 0.15) is 23.8 Å². The summed E-state index contributed by atoms with van der Waals surface area (Å²) in [6.07, 6.45) is 2.38. The second-order valence-electron chi connectivity index (χ2n) is 5.35. The second kappa shape index (κ2) is 5.24. The first-order valence-electron chi connectivity index (χ1n) is 6.31. The molecule has 4 heteroatoms. The number of aryl methyl sites for hydroxylation is 1. The first-order chi connectivity index (χ1) is 8.46. The van der Waals surface area contributed by atoms with Crippen molar-refractivity contribution in [3.63, 3.8) is 0 Å². The van der Waals surface area contributed by atoms with Crippen LogP contribution in [0.5, 0.6) is 5.75 Å². The predicted molar refractivity (Wildman–Crippen MR) is 68.3 cm³/mol. The zero-order valence-corrected chi connectivity index (χ0v) is 10.9. The standard InChI is InChI=1S/C14H20FNO2/c1-10-7-11(15)3-6-13(10)18-9-14(2,17)8-16-12-4-5-12/h3,6-7,12,16-17H,4-5,8-9H2,1-2H3. The fourth-order valence-electron chi connectivity index (χ4n) is 1.71. The van der Waals surface area contributed by atoms with Crippen LogP contribution >= 0.6 is 0 Å². The molecule has 1 aliphatic carbocycles. The van der Waals surface area contributed by atoms with Crippen molar-refractivity contribution in [2.75, 3.05) is 13.2 Å². The van der Waals surface area contributed by atoms with Crippen molar-refractivity contribution in [2.45, 2.75) is 38.3 Å². The maximum Gasteiger partial charge on any atom is 0.123 e. The van der Waals surface area contributed by atoms with E-state index in [2.05, 4.69) is 5.32 Å². The molecule has 0 radical (unpaired) electrons. The van der Waals surface area contributed by atoms with Crippen LogP contribution in [0.3, 0.4) is 0 Å². The molecule has 100 valence electrons. The average molecular weight is 253 g/mol. The second-order valence-corrected chi connectivity index (χ2v) is 5.35. The van der Waals surface area contributed by atoms with Gasteiger partial charge in [0.25, 0.3) is 0 Å². The monoisotopic (exact) mass is 253 g/mol. The number of rotatable bonds is 6. The zero-order chi connectivity index (χ0) is 13.2. The van der Waals surface area contributed by atoms with Crippen LogP contribution in [0.2, 0.25) is 0 Å². The summed E-state index contributed by atoms with van der Waals surface area (Å²) in [5.41, 5.74) is -0.176. The van der Waals surface area contributed by atoms with E-state index in [1.54, 1.807) is 19.9 Å². The van der Waals surface area contributed by atoms with Crippen LogP contribution in [0, 0.1) is 12.7 Å². The van der Waals surface area contributed by atoms with E-state index in [4.69, 9.17) is 4.74 Å². The van der Waals surface area contributed by atoms with E-state index in [9.17, 15) is 9.50 Å². The molecule has 3 nitrogen and oxygen atoms in total. The number of halogens is 1. The summed E-state index contributed by atoms with van der Waals surface area (Å²) in [5, 5.41) is 13.4. The van der Waals surface area contributed by atoms with Crippen LogP contribution in [-0.4, -0.2) is 29.9 Å². The highest BCUT2D eigenvalue weighted by molar-refractivity contribution is 5.32. The lowest BCUT2D eigenvalue weighted by molar-refractivity contribution is 0.0118. The SMILES string of the molecule is Cc1cc(F)ccc1OCC(C)(O)CNC1CC1. The minimum atomic E-state index is -0.913. The first kappa shape index (κ1) is 13.3. The number of aliphatic hydroxyl groups is 1. The van der Waals surface area contributed by atoms with Crippen molar-refractivity contribution in [1.82, 2.24) is 5.32 Å². The molecule has 1 aliphatic rings. The molecule has 1 aromatic rings. The third-order valence-corrected chi connectivity index (χ3v) is 3.02. The summed E-state index contributed by atoms with van der Waals surface area (Å²) >= 11 is 0. The average Bonchev–Trinajstić information content (AvgIpc) is 3.09. The van der Waals surface area contributed by atoms with Gasteiger partial charge in [0.05, 0.1) is 0 Å². The van der Waals surface area contributed by atoms with Crippen molar-refractivity contribution < 1.29 is 14.2 Å². The summed E-state index contributed by atoms with van der Waals surface area (Å²) < 4.78 is 18.5. The predicted octanol–water partition coefficient (Wildman–Crippen LogP) is 2.02. The highest BCUT2D eigenvalue weighted by atomic mass is 19.1. The Hall–Kier alpha value is -1.13. The number of benzene rings is 1. The number of hydrogen-bond donors (Lipinski definition) is 2. The molecule has 0 amide bonds. The van der Waals surface area contributed by atoms with Gasteiger partial charge in [-0.25, -0.2) is 4.39 Å². The van der Waals surface area contributed by atoms with Crippen LogP contribution < -0.4 is 10.1 Å². The third kappa shape index (κ3) is 3.96. The summed E-state index contributed by atoms with van der Waals surface area (Å²) in [6.45, 7) is 4.23. The first-order valence-corrected chi connectivity index (χ1v) is 6.31. The van der Waals surface area contributed by atoms with Gasteiger partial charge in [0.15, 0.2) is 0 Å². The molecule has 1 aromatic carbocycles. The number of ether oxygens (including phenoxy) is 1. The van der Waals surface area contributed by atoms with Gasteiger partial charge in [0.2, 0.25) is 0 Å². The fraction of sp³-hybridized carbons (Fsp3) is 0.571. The van der Waals surface area contributed by atoms with E-state index in [0.717, 1.165) is 5.56 Å². The van der Waals surface area contributed by atoms with Crippen LogP contribution in [0.4, 0.5) is 4.39 Å². The van der Waals surface area contributed by atoms with Crippen LogP contribution in [-0.2, 0) is 0 Å². The van der Waals surface area contributed by atoms with Gasteiger partial charge in [-0.05, 0) is 50.5 Å². The molecule has 1 unspecified atom stereocenters. The molecule has 0 aromatic heterocycles. The highest BCUT2D eigenvalue weighted by Crippen LogP contribution is 2.21. The zero-order valence-electron chi connectivity index (χ0n) is 10.9. The number of hydrogen-bond acceptors (Lipinski definition) is 3. The van der Waals surface area contributed by atoms with Crippen molar-refractivity contribution in [3.8, 4) is 5.75 Å². The molecule has 1 atom stereocenters. The van der Waals surface area contributed by atoms with E-state index in [0.29, 0.717) is 18.3 Å². The highest BCUT2D eigenvalue weighted by Gasteiger charge is 2.27. The molecular formula is C14H20FNO2. The lowest BCUT2D eigenvalue weighted by atomic mass is 10.1. The van der Waals surface area contributed by atoms with E-state index in [-0.39, 0.29) is 12.4 Å². The minimum absolute atomic E-state index is 0.194. The van der Waals surface area contributed by atoms with Crippen molar-refractivity contribution in [1.29, 1.82) is 0 Å². The molecule has 2 N–H and O–H groups in total. The largest absolute Gasteiger partial charge is 0.490 e. The Morgan fingerprint density at radius 3 is 2.83 bits per heavy atom. The van der Waals surface area contributed by atoms with Crippen LogP contribution in [0.1, 0.15) is 25.3 Å². The van der Waals surface area contributed by atoms with Crippen molar-refractivity contribution in [3.05, 3.63) is 29.6 Å². The smallest absolute Gasteiger partial charge is 0.123 e. The minimum Gasteiger partial charge on any atom is -0.490 e. The maximum atomic E-state index is 12.9. The van der Waals surface area contributed by atoms with Crippen molar-refractivity contribution >= 4 is 0 Å². The van der Waals surface area contributed by atoms with Gasteiger partial charge in [-0.15, -0.1) is 0 Å². The quantitative estimate of drug-likeness (QED) is 0.815. The summed E-state index contributed by atoms with van der Waals surface area (Å²) in [4.78, 5) is 0. The lowest BCUT2D eigenvalue weighted by Gasteiger charge is -2.24. The molecule has 0 spiro atoms. The molecule has 2 rings (SSSR count). The molecule has 1 fully saturated rings. The molecule has 0 saturated heterocycles. The summed E-state index contributed by atoms with van der Waals surface area (Å²) in [7, 11) is 0. The molecule has 0 heterocycles. The molecule has 0 aliphatic heterocycles. The van der Waals surface area contributed by atoms with E-state index < -0.39 is 5.60 Å². The van der Waals surface area contributed by atoms with Gasteiger partial charge >= 0.3 is 0 Å². The van der Waals surface area contributed by atoms with Crippen molar-refractivity contribution in [2.24, 2.45) is 0 Å². The Balaban J connectivity index is 1.84. The Morgan fingerprint density at radius 2 is 2.22 bits per heavy atom. The molecular weight excluding hydrogens is 233 g/mol. The van der Waals surface area contributed by atoms with Gasteiger partial charge in [-0.2, -0.15) is 0 Å². The normalized spacial score (nSPS) is 18.4. The van der Waals surface area contributed by atoms with Gasteiger partial charge < -0.3 is 15.2 Å². The summed E-state index contributed by atoms with van der Waals surface area (Å²) in [6, 6.07) is 4.94. The number of nitrogens with one attached hydrogen (secondary N) is 1. The van der Waals surface area contributed by atoms with Crippen LogP contribution in [0.25, 0.3) is 0 Å². The van der Waals surface area contributed by atoms with Gasteiger partial charge in [-0.3, -0.25) is 0 Å². The van der Waals surface area contributed by atoms with E-state index in [1.807, 2.05) is 0 Å². The molecule has 1 saturated carbocycles. The topological polar surface area (TPSA) is 41.5 Å². The Labute approximate surface area is 107 Å². The van der Waals surface area contributed by atoms with E-state index in [1.165, 1.54) is 25.0 Å². The van der Waals surface area contributed by atoms with Gasteiger partial charge in [-0.1, -0.05) is 0 Å². The summed E-state index contributed by atoms with van der Waals surface area (Å²) in [5.74, 6) is 0.338. The maximum absolute atomic E-state index is 12.9. The third-order valence-electron chi connectivity index (χ3n) is 3.02. The Morgan fingerprint density at radius 1 is 1.50 bits per heavy atom. The lowest BCUT2D eigenvalue weighted by Crippen LogP contribution is -2.43. The van der Waals surface area contributed by atoms with Gasteiger partial charge in [0, 0.05) is 12.6 Å². The Bertz CT molecular complexity index is 416. The molecule has 0 bridgehead atoms. The Kier molecular flexibility index (Phi) is 3.88. The fourth-order valence-corrected chi connectivity index (χ4v) is 1.71.